The highest BCUT2D eigenvalue weighted by Gasteiger charge is 2.19. The highest BCUT2D eigenvalue weighted by Crippen LogP contribution is 2.35. The van der Waals surface area contributed by atoms with E-state index in [4.69, 9.17) is 0 Å². The third-order valence-electron chi connectivity index (χ3n) is 3.53. The standard InChI is InChI=1S/C16H21BrN2/c1-10-7-12(16(3,4)5)8-11(2)13(10)14-15(17)18-9-19(14)6/h7-9H,1-6H3. The van der Waals surface area contributed by atoms with Crippen molar-refractivity contribution in [3.8, 4) is 11.3 Å². The lowest BCUT2D eigenvalue weighted by atomic mass is 9.83. The summed E-state index contributed by atoms with van der Waals surface area (Å²) in [5.74, 6) is 0. The van der Waals surface area contributed by atoms with E-state index in [1.165, 1.54) is 22.3 Å². The second-order valence-corrected chi connectivity index (χ2v) is 6.98. The maximum absolute atomic E-state index is 4.33. The number of hydrogen-bond donors (Lipinski definition) is 0. The summed E-state index contributed by atoms with van der Waals surface area (Å²) >= 11 is 3.55. The monoisotopic (exact) mass is 320 g/mol. The Labute approximate surface area is 124 Å². The highest BCUT2D eigenvalue weighted by molar-refractivity contribution is 9.10. The van der Waals surface area contributed by atoms with Crippen LogP contribution in [0, 0.1) is 13.8 Å². The number of imidazole rings is 1. The van der Waals surface area contributed by atoms with Gasteiger partial charge < -0.3 is 4.57 Å². The number of rotatable bonds is 1. The van der Waals surface area contributed by atoms with Crippen LogP contribution < -0.4 is 0 Å². The van der Waals surface area contributed by atoms with Crippen LogP contribution in [0.2, 0.25) is 0 Å². The van der Waals surface area contributed by atoms with E-state index in [2.05, 4.69) is 72.2 Å². The molecule has 0 fully saturated rings. The molecule has 0 unspecified atom stereocenters. The number of nitrogens with zero attached hydrogens (tertiary/aromatic N) is 2. The first-order valence-corrected chi connectivity index (χ1v) is 7.30. The van der Waals surface area contributed by atoms with Crippen molar-refractivity contribution in [2.45, 2.75) is 40.0 Å². The molecule has 1 heterocycles. The van der Waals surface area contributed by atoms with E-state index in [1.54, 1.807) is 0 Å². The summed E-state index contributed by atoms with van der Waals surface area (Å²) in [6.45, 7) is 11.1. The van der Waals surface area contributed by atoms with Crippen molar-refractivity contribution in [3.63, 3.8) is 0 Å². The summed E-state index contributed by atoms with van der Waals surface area (Å²) < 4.78 is 2.97. The minimum atomic E-state index is 0.178. The van der Waals surface area contributed by atoms with Crippen LogP contribution in [0.15, 0.2) is 23.1 Å². The third-order valence-corrected chi connectivity index (χ3v) is 4.11. The molecule has 0 amide bonds. The predicted octanol–water partition coefficient (Wildman–Crippen LogP) is 4.76. The lowest BCUT2D eigenvalue weighted by Crippen LogP contribution is -2.12. The van der Waals surface area contributed by atoms with Gasteiger partial charge in [-0.25, -0.2) is 4.98 Å². The summed E-state index contributed by atoms with van der Waals surface area (Å²) in [5, 5.41) is 0. The molecule has 0 spiro atoms. The van der Waals surface area contributed by atoms with Crippen LogP contribution >= 0.6 is 15.9 Å². The fourth-order valence-corrected chi connectivity index (χ4v) is 3.02. The topological polar surface area (TPSA) is 17.8 Å². The molecule has 0 aliphatic carbocycles. The second-order valence-electron chi connectivity index (χ2n) is 6.23. The largest absolute Gasteiger partial charge is 0.333 e. The quantitative estimate of drug-likeness (QED) is 0.740. The second kappa shape index (κ2) is 4.78. The molecule has 2 nitrogen and oxygen atoms in total. The average Bonchev–Trinajstić information content (AvgIpc) is 2.58. The molecule has 0 atom stereocenters. The van der Waals surface area contributed by atoms with Gasteiger partial charge in [0.25, 0.3) is 0 Å². The predicted molar refractivity (Wildman–Crippen MR) is 84.5 cm³/mol. The number of halogens is 1. The van der Waals surface area contributed by atoms with E-state index in [1.807, 2.05) is 13.4 Å². The molecule has 0 aliphatic heterocycles. The van der Waals surface area contributed by atoms with Gasteiger partial charge in [0.2, 0.25) is 0 Å². The van der Waals surface area contributed by atoms with Crippen molar-refractivity contribution >= 4 is 15.9 Å². The molecular weight excluding hydrogens is 300 g/mol. The number of benzene rings is 1. The maximum atomic E-state index is 4.33. The molecule has 0 N–H and O–H groups in total. The Balaban J connectivity index is 2.68. The lowest BCUT2D eigenvalue weighted by Gasteiger charge is -2.22. The first kappa shape index (κ1) is 14.3. The van der Waals surface area contributed by atoms with E-state index in [9.17, 15) is 0 Å². The van der Waals surface area contributed by atoms with Gasteiger partial charge in [-0.05, 0) is 51.9 Å². The van der Waals surface area contributed by atoms with Gasteiger partial charge in [0.1, 0.15) is 4.60 Å². The van der Waals surface area contributed by atoms with Gasteiger partial charge in [-0.2, -0.15) is 0 Å². The van der Waals surface area contributed by atoms with Crippen molar-refractivity contribution in [1.29, 1.82) is 0 Å². The minimum Gasteiger partial charge on any atom is -0.333 e. The van der Waals surface area contributed by atoms with Crippen LogP contribution in [0.25, 0.3) is 11.3 Å². The maximum Gasteiger partial charge on any atom is 0.132 e. The van der Waals surface area contributed by atoms with Crippen molar-refractivity contribution in [1.82, 2.24) is 9.55 Å². The SMILES string of the molecule is Cc1cc(C(C)(C)C)cc(C)c1-c1c(Br)ncn1C. The summed E-state index contributed by atoms with van der Waals surface area (Å²) in [6, 6.07) is 4.59. The third kappa shape index (κ3) is 2.62. The van der Waals surface area contributed by atoms with E-state index < -0.39 is 0 Å². The molecular formula is C16H21BrN2. The molecule has 0 bridgehead atoms. The van der Waals surface area contributed by atoms with Crippen LogP contribution in [-0.2, 0) is 12.5 Å². The first-order valence-electron chi connectivity index (χ1n) is 6.50. The van der Waals surface area contributed by atoms with Crippen LogP contribution in [0.4, 0.5) is 0 Å². The number of aromatic nitrogens is 2. The Morgan fingerprint density at radius 2 is 1.63 bits per heavy atom. The van der Waals surface area contributed by atoms with Crippen molar-refractivity contribution in [2.24, 2.45) is 7.05 Å². The molecule has 1 aromatic heterocycles. The van der Waals surface area contributed by atoms with Gasteiger partial charge in [-0.3, -0.25) is 0 Å². The summed E-state index contributed by atoms with van der Waals surface area (Å²) in [7, 11) is 2.03. The van der Waals surface area contributed by atoms with E-state index in [0.29, 0.717) is 0 Å². The van der Waals surface area contributed by atoms with Crippen LogP contribution in [0.3, 0.4) is 0 Å². The Hall–Kier alpha value is -1.09. The highest BCUT2D eigenvalue weighted by atomic mass is 79.9. The Kier molecular flexibility index (Phi) is 3.61. The molecule has 0 aliphatic rings. The van der Waals surface area contributed by atoms with Gasteiger partial charge in [0.15, 0.2) is 0 Å². The number of aryl methyl sites for hydroxylation is 3. The van der Waals surface area contributed by atoms with Crippen molar-refractivity contribution in [3.05, 3.63) is 39.8 Å². The summed E-state index contributed by atoms with van der Waals surface area (Å²) in [5.41, 5.74) is 6.58. The van der Waals surface area contributed by atoms with E-state index in [-0.39, 0.29) is 5.41 Å². The smallest absolute Gasteiger partial charge is 0.132 e. The van der Waals surface area contributed by atoms with Gasteiger partial charge in [0.05, 0.1) is 12.0 Å². The molecule has 2 rings (SSSR count). The molecule has 0 radical (unpaired) electrons. The average molecular weight is 321 g/mol. The Bertz CT molecular complexity index is 576. The Morgan fingerprint density at radius 3 is 2.00 bits per heavy atom. The minimum absolute atomic E-state index is 0.178. The van der Waals surface area contributed by atoms with E-state index in [0.717, 1.165) is 10.3 Å². The molecule has 1 aromatic carbocycles. The fraction of sp³-hybridized carbons (Fsp3) is 0.438. The zero-order valence-electron chi connectivity index (χ0n) is 12.5. The van der Waals surface area contributed by atoms with Gasteiger partial charge >= 0.3 is 0 Å². The number of hydrogen-bond acceptors (Lipinski definition) is 1. The lowest BCUT2D eigenvalue weighted by molar-refractivity contribution is 0.589. The molecule has 0 saturated heterocycles. The van der Waals surface area contributed by atoms with Crippen LogP contribution in [-0.4, -0.2) is 9.55 Å². The molecule has 3 heteroatoms. The van der Waals surface area contributed by atoms with E-state index >= 15 is 0 Å². The molecule has 19 heavy (non-hydrogen) atoms. The van der Waals surface area contributed by atoms with Crippen LogP contribution in [0.1, 0.15) is 37.5 Å². The summed E-state index contributed by atoms with van der Waals surface area (Å²) in [4.78, 5) is 4.33. The van der Waals surface area contributed by atoms with Gasteiger partial charge in [-0.15, -0.1) is 0 Å². The fourth-order valence-electron chi connectivity index (χ4n) is 2.45. The molecule has 0 saturated carbocycles. The molecule has 2 aromatic rings. The summed E-state index contributed by atoms with van der Waals surface area (Å²) in [6.07, 6.45) is 1.84. The van der Waals surface area contributed by atoms with Gasteiger partial charge in [0, 0.05) is 12.6 Å². The normalized spacial score (nSPS) is 11.9. The first-order chi connectivity index (χ1) is 8.71. The Morgan fingerprint density at radius 1 is 1.11 bits per heavy atom. The van der Waals surface area contributed by atoms with Gasteiger partial charge in [-0.1, -0.05) is 32.9 Å². The molecule has 102 valence electrons. The van der Waals surface area contributed by atoms with Crippen molar-refractivity contribution in [2.75, 3.05) is 0 Å². The van der Waals surface area contributed by atoms with Crippen molar-refractivity contribution < 1.29 is 0 Å². The zero-order chi connectivity index (χ0) is 14.4. The zero-order valence-corrected chi connectivity index (χ0v) is 14.1. The van der Waals surface area contributed by atoms with Crippen LogP contribution in [0.5, 0.6) is 0 Å².